The van der Waals surface area contributed by atoms with Crippen LogP contribution in [0.4, 0.5) is 0 Å². The maximum Gasteiger partial charge on any atom is 0.229 e. The Morgan fingerprint density at radius 3 is 3.04 bits per heavy atom. The van der Waals surface area contributed by atoms with Gasteiger partial charge in [0.15, 0.2) is 0 Å². The van der Waals surface area contributed by atoms with Gasteiger partial charge in [0, 0.05) is 26.8 Å². The summed E-state index contributed by atoms with van der Waals surface area (Å²) >= 11 is 0. The Morgan fingerprint density at radius 2 is 2.32 bits per heavy atom. The molecule has 0 N–H and O–H groups in total. The van der Waals surface area contributed by atoms with E-state index >= 15 is 0 Å². The molecule has 1 aliphatic heterocycles. The van der Waals surface area contributed by atoms with Crippen molar-refractivity contribution in [3.8, 4) is 11.5 Å². The van der Waals surface area contributed by atoms with Crippen LogP contribution in [0.25, 0.3) is 0 Å². The molecular weight excluding hydrogens is 318 g/mol. The first-order chi connectivity index (χ1) is 12.1. The van der Waals surface area contributed by atoms with E-state index in [2.05, 4.69) is 5.10 Å². The van der Waals surface area contributed by atoms with Crippen LogP contribution in [0, 0.1) is 5.92 Å². The minimum Gasteiger partial charge on any atom is -0.497 e. The molecular formula is C19H25N3O3. The summed E-state index contributed by atoms with van der Waals surface area (Å²) in [5, 5.41) is 4.17. The van der Waals surface area contributed by atoms with E-state index in [1.54, 1.807) is 11.8 Å². The first kappa shape index (κ1) is 17.3. The van der Waals surface area contributed by atoms with Crippen molar-refractivity contribution in [2.24, 2.45) is 13.0 Å². The molecule has 0 bridgehead atoms. The normalized spacial score (nSPS) is 16.0. The Bertz CT molecular complexity index is 741. The molecule has 0 unspecified atom stereocenters. The predicted octanol–water partition coefficient (Wildman–Crippen LogP) is 2.07. The highest BCUT2D eigenvalue weighted by molar-refractivity contribution is 5.79. The van der Waals surface area contributed by atoms with Crippen LogP contribution in [0.2, 0.25) is 0 Å². The Balaban J connectivity index is 1.53. The zero-order chi connectivity index (χ0) is 17.8. The fourth-order valence-corrected chi connectivity index (χ4v) is 3.20. The van der Waals surface area contributed by atoms with Crippen LogP contribution >= 0.6 is 0 Å². The van der Waals surface area contributed by atoms with Crippen LogP contribution in [0.1, 0.15) is 17.5 Å². The molecule has 25 heavy (non-hydrogen) atoms. The van der Waals surface area contributed by atoms with Gasteiger partial charge in [-0.3, -0.25) is 9.48 Å². The van der Waals surface area contributed by atoms with E-state index in [0.29, 0.717) is 13.0 Å². The van der Waals surface area contributed by atoms with Crippen LogP contribution in [-0.2, 0) is 24.7 Å². The molecule has 2 aromatic rings. The SMILES string of the molecule is COc1ccc2c(c1)C[C@@H](C(=O)N(C)CCCc1cnn(C)c1)CO2. The maximum absolute atomic E-state index is 12.7. The highest BCUT2D eigenvalue weighted by Gasteiger charge is 2.28. The molecule has 1 aromatic heterocycles. The summed E-state index contributed by atoms with van der Waals surface area (Å²) in [5.74, 6) is 1.65. The summed E-state index contributed by atoms with van der Waals surface area (Å²) in [5.41, 5.74) is 2.23. The molecule has 0 aliphatic carbocycles. The minimum atomic E-state index is -0.136. The average molecular weight is 343 g/mol. The topological polar surface area (TPSA) is 56.6 Å². The summed E-state index contributed by atoms with van der Waals surface area (Å²) in [6, 6.07) is 5.75. The molecule has 1 aliphatic rings. The molecule has 2 heterocycles. The summed E-state index contributed by atoms with van der Waals surface area (Å²) in [6.45, 7) is 1.17. The second-order valence-electron chi connectivity index (χ2n) is 6.57. The summed E-state index contributed by atoms with van der Waals surface area (Å²) in [6.07, 6.45) is 6.43. The molecule has 6 heteroatoms. The van der Waals surface area contributed by atoms with Crippen LogP contribution < -0.4 is 9.47 Å². The lowest BCUT2D eigenvalue weighted by Crippen LogP contribution is -2.39. The molecule has 0 fully saturated rings. The quantitative estimate of drug-likeness (QED) is 0.806. The van der Waals surface area contributed by atoms with E-state index in [1.165, 1.54) is 5.56 Å². The molecule has 0 spiro atoms. The average Bonchev–Trinajstić information content (AvgIpc) is 3.05. The largest absolute Gasteiger partial charge is 0.497 e. The van der Waals surface area contributed by atoms with E-state index in [1.807, 2.05) is 49.6 Å². The van der Waals surface area contributed by atoms with Crippen molar-refractivity contribution in [3.63, 3.8) is 0 Å². The fourth-order valence-electron chi connectivity index (χ4n) is 3.20. The van der Waals surface area contributed by atoms with Gasteiger partial charge in [-0.25, -0.2) is 0 Å². The molecule has 1 amide bonds. The van der Waals surface area contributed by atoms with E-state index in [4.69, 9.17) is 9.47 Å². The van der Waals surface area contributed by atoms with Gasteiger partial charge in [-0.1, -0.05) is 0 Å². The first-order valence-electron chi connectivity index (χ1n) is 8.59. The number of nitrogens with zero attached hydrogens (tertiary/aromatic N) is 3. The number of amides is 1. The second-order valence-corrected chi connectivity index (χ2v) is 6.57. The lowest BCUT2D eigenvalue weighted by Gasteiger charge is -2.28. The van der Waals surface area contributed by atoms with Gasteiger partial charge < -0.3 is 14.4 Å². The van der Waals surface area contributed by atoms with Gasteiger partial charge in [0.25, 0.3) is 0 Å². The summed E-state index contributed by atoms with van der Waals surface area (Å²) < 4.78 is 12.8. The monoisotopic (exact) mass is 343 g/mol. The van der Waals surface area contributed by atoms with E-state index in [-0.39, 0.29) is 11.8 Å². The third-order valence-electron chi connectivity index (χ3n) is 4.62. The van der Waals surface area contributed by atoms with Crippen molar-refractivity contribution in [2.75, 3.05) is 27.3 Å². The van der Waals surface area contributed by atoms with Crippen molar-refractivity contribution in [3.05, 3.63) is 41.7 Å². The number of hydrogen-bond acceptors (Lipinski definition) is 4. The zero-order valence-electron chi connectivity index (χ0n) is 15.1. The molecule has 1 aromatic carbocycles. The first-order valence-corrected chi connectivity index (χ1v) is 8.59. The Morgan fingerprint density at radius 1 is 1.48 bits per heavy atom. The lowest BCUT2D eigenvalue weighted by molar-refractivity contribution is -0.135. The smallest absolute Gasteiger partial charge is 0.229 e. The van der Waals surface area contributed by atoms with E-state index in [9.17, 15) is 4.79 Å². The van der Waals surface area contributed by atoms with Crippen molar-refractivity contribution < 1.29 is 14.3 Å². The Hall–Kier alpha value is -2.50. The van der Waals surface area contributed by atoms with Gasteiger partial charge in [0.2, 0.25) is 5.91 Å². The van der Waals surface area contributed by atoms with E-state index < -0.39 is 0 Å². The highest BCUT2D eigenvalue weighted by Crippen LogP contribution is 2.31. The second kappa shape index (κ2) is 7.59. The van der Waals surface area contributed by atoms with Gasteiger partial charge in [-0.2, -0.15) is 5.10 Å². The van der Waals surface area contributed by atoms with Gasteiger partial charge >= 0.3 is 0 Å². The number of methoxy groups -OCH3 is 1. The molecule has 6 nitrogen and oxygen atoms in total. The van der Waals surface area contributed by atoms with Crippen molar-refractivity contribution in [2.45, 2.75) is 19.3 Å². The van der Waals surface area contributed by atoms with E-state index in [0.717, 1.165) is 36.4 Å². The van der Waals surface area contributed by atoms with Crippen LogP contribution in [0.15, 0.2) is 30.6 Å². The number of rotatable bonds is 6. The molecule has 0 saturated heterocycles. The Kier molecular flexibility index (Phi) is 5.26. The highest BCUT2D eigenvalue weighted by atomic mass is 16.5. The molecule has 0 radical (unpaired) electrons. The summed E-state index contributed by atoms with van der Waals surface area (Å²) in [4.78, 5) is 14.5. The number of benzene rings is 1. The Labute approximate surface area is 148 Å². The number of ether oxygens (including phenoxy) is 2. The number of aryl methyl sites for hydroxylation is 2. The fraction of sp³-hybridized carbons (Fsp3) is 0.474. The summed E-state index contributed by atoms with van der Waals surface area (Å²) in [7, 11) is 5.42. The van der Waals surface area contributed by atoms with Crippen molar-refractivity contribution >= 4 is 5.91 Å². The van der Waals surface area contributed by atoms with Gasteiger partial charge in [-0.15, -0.1) is 0 Å². The zero-order valence-corrected chi connectivity index (χ0v) is 15.1. The minimum absolute atomic E-state index is 0.136. The van der Waals surface area contributed by atoms with Crippen molar-refractivity contribution in [1.82, 2.24) is 14.7 Å². The van der Waals surface area contributed by atoms with Crippen LogP contribution in [0.3, 0.4) is 0 Å². The van der Waals surface area contributed by atoms with Gasteiger partial charge in [0.1, 0.15) is 18.1 Å². The number of carbonyl (C=O) groups excluding carboxylic acids is 1. The third kappa shape index (κ3) is 4.13. The van der Waals surface area contributed by atoms with Crippen LogP contribution in [0.5, 0.6) is 11.5 Å². The standard InChI is InChI=1S/C19H25N3O3/c1-21(8-4-5-14-11-20-22(2)12-14)19(23)16-9-15-10-17(24-3)6-7-18(15)25-13-16/h6-7,10-12,16H,4-5,8-9,13H2,1-3H3/t16-/m1/s1. The number of hydrogen-bond donors (Lipinski definition) is 0. The maximum atomic E-state index is 12.7. The lowest BCUT2D eigenvalue weighted by atomic mass is 9.95. The molecule has 0 saturated carbocycles. The molecule has 134 valence electrons. The van der Waals surface area contributed by atoms with Crippen molar-refractivity contribution in [1.29, 1.82) is 0 Å². The van der Waals surface area contributed by atoms with Gasteiger partial charge in [0.05, 0.1) is 19.2 Å². The molecule has 1 atom stereocenters. The van der Waals surface area contributed by atoms with Crippen LogP contribution in [-0.4, -0.2) is 47.9 Å². The number of fused-ring (bicyclic) bond motifs is 1. The van der Waals surface area contributed by atoms with Gasteiger partial charge in [-0.05, 0) is 48.6 Å². The third-order valence-corrected chi connectivity index (χ3v) is 4.62. The number of carbonyl (C=O) groups is 1. The molecule has 3 rings (SSSR count). The number of aromatic nitrogens is 2. The predicted molar refractivity (Wildman–Crippen MR) is 94.8 cm³/mol.